The van der Waals surface area contributed by atoms with Crippen molar-refractivity contribution >= 4 is 23.2 Å². The molecule has 0 spiro atoms. The van der Waals surface area contributed by atoms with Gasteiger partial charge in [0.05, 0.1) is 11.5 Å². The molecule has 1 unspecified atom stereocenters. The van der Waals surface area contributed by atoms with Crippen molar-refractivity contribution in [3.63, 3.8) is 0 Å². The van der Waals surface area contributed by atoms with E-state index < -0.39 is 17.8 Å². The lowest BCUT2D eigenvalue weighted by molar-refractivity contribution is -0.135. The van der Waals surface area contributed by atoms with Gasteiger partial charge < -0.3 is 10.4 Å². The third kappa shape index (κ3) is 3.78. The first kappa shape index (κ1) is 15.0. The Bertz CT molecular complexity index is 577. The van der Waals surface area contributed by atoms with Crippen molar-refractivity contribution in [2.24, 2.45) is 5.92 Å². The fourth-order valence-corrected chi connectivity index (χ4v) is 2.39. The van der Waals surface area contributed by atoms with E-state index in [2.05, 4.69) is 5.32 Å². The second kappa shape index (κ2) is 6.83. The Hall–Kier alpha value is -2.43. The average Bonchev–Trinajstić information content (AvgIpc) is 2.48. The van der Waals surface area contributed by atoms with E-state index in [1.165, 1.54) is 6.20 Å². The molecule has 2 N–H and O–H groups in total. The molecule has 1 saturated carbocycles. The van der Waals surface area contributed by atoms with Gasteiger partial charge in [-0.05, 0) is 18.4 Å². The molecule has 21 heavy (non-hydrogen) atoms. The largest absolute Gasteiger partial charge is 0.478 e. The van der Waals surface area contributed by atoms with Crippen LogP contribution in [0, 0.1) is 5.92 Å². The Labute approximate surface area is 122 Å². The van der Waals surface area contributed by atoms with Gasteiger partial charge in [-0.15, -0.1) is 0 Å². The van der Waals surface area contributed by atoms with Crippen LogP contribution in [0.1, 0.15) is 31.2 Å². The molecule has 1 amide bonds. The second-order valence-electron chi connectivity index (χ2n) is 5.00. The zero-order valence-electron chi connectivity index (χ0n) is 11.5. The first-order valence-electron chi connectivity index (χ1n) is 6.91. The number of carbonyl (C=O) groups is 3. The van der Waals surface area contributed by atoms with Gasteiger partial charge in [0, 0.05) is 12.6 Å². The number of amides is 1. The maximum atomic E-state index is 12.0. The first-order valence-corrected chi connectivity index (χ1v) is 6.91. The summed E-state index contributed by atoms with van der Waals surface area (Å²) in [4.78, 5) is 35.0. The van der Waals surface area contributed by atoms with Crippen LogP contribution in [0.4, 0.5) is 0 Å². The summed E-state index contributed by atoms with van der Waals surface area (Å²) in [7, 11) is 0. The summed E-state index contributed by atoms with van der Waals surface area (Å²) in [6.07, 6.45) is 3.79. The molecular formula is C16H17NO4. The highest BCUT2D eigenvalue weighted by Crippen LogP contribution is 2.21. The topological polar surface area (TPSA) is 83.5 Å². The molecule has 5 nitrogen and oxygen atoms in total. The monoisotopic (exact) mass is 287 g/mol. The molecule has 0 aromatic heterocycles. The highest BCUT2D eigenvalue weighted by Gasteiger charge is 2.28. The van der Waals surface area contributed by atoms with Crippen molar-refractivity contribution in [3.8, 4) is 0 Å². The molecule has 0 heterocycles. The van der Waals surface area contributed by atoms with Crippen LogP contribution in [-0.2, 0) is 14.4 Å². The van der Waals surface area contributed by atoms with Gasteiger partial charge in [0.15, 0.2) is 0 Å². The number of benzene rings is 1. The van der Waals surface area contributed by atoms with E-state index in [4.69, 9.17) is 0 Å². The average molecular weight is 287 g/mol. The minimum atomic E-state index is -1.13. The van der Waals surface area contributed by atoms with Gasteiger partial charge in [-0.25, -0.2) is 4.79 Å². The molecular weight excluding hydrogens is 270 g/mol. The Morgan fingerprint density at radius 3 is 2.52 bits per heavy atom. The van der Waals surface area contributed by atoms with E-state index >= 15 is 0 Å². The molecule has 0 aliphatic heterocycles. The van der Waals surface area contributed by atoms with Crippen LogP contribution in [0.3, 0.4) is 0 Å². The Kier molecular flexibility index (Phi) is 4.87. The third-order valence-corrected chi connectivity index (χ3v) is 3.55. The van der Waals surface area contributed by atoms with Crippen molar-refractivity contribution in [3.05, 3.63) is 42.1 Å². The SMILES string of the molecule is O=C(O)C(=CNC(=O)C1CCCCC1=O)c1ccccc1. The number of carboxylic acid groups (broad SMARTS) is 1. The van der Waals surface area contributed by atoms with Crippen LogP contribution in [0.15, 0.2) is 36.5 Å². The lowest BCUT2D eigenvalue weighted by atomic mass is 9.87. The van der Waals surface area contributed by atoms with Crippen LogP contribution in [0.25, 0.3) is 5.57 Å². The molecule has 1 aliphatic rings. The van der Waals surface area contributed by atoms with Crippen LogP contribution in [0.5, 0.6) is 0 Å². The second-order valence-corrected chi connectivity index (χ2v) is 5.00. The standard InChI is InChI=1S/C16H17NO4/c18-14-9-5-4-8-12(14)15(19)17-10-13(16(20)21)11-6-2-1-3-7-11/h1-3,6-7,10,12H,4-5,8-9H2,(H,17,19)(H,20,21). The van der Waals surface area contributed by atoms with Crippen molar-refractivity contribution in [1.82, 2.24) is 5.32 Å². The number of nitrogens with one attached hydrogen (secondary N) is 1. The number of Topliss-reactive ketones (excluding diaryl/α,β-unsaturated/α-hetero) is 1. The van der Waals surface area contributed by atoms with Crippen LogP contribution >= 0.6 is 0 Å². The van der Waals surface area contributed by atoms with Gasteiger partial charge >= 0.3 is 5.97 Å². The summed E-state index contributed by atoms with van der Waals surface area (Å²) in [5, 5.41) is 11.7. The van der Waals surface area contributed by atoms with E-state index in [9.17, 15) is 19.5 Å². The fraction of sp³-hybridized carbons (Fsp3) is 0.312. The predicted octanol–water partition coefficient (Wildman–Crippen LogP) is 1.99. The Morgan fingerprint density at radius 1 is 1.19 bits per heavy atom. The lowest BCUT2D eigenvalue weighted by Gasteiger charge is -2.18. The minimum absolute atomic E-state index is 0.00721. The summed E-state index contributed by atoms with van der Waals surface area (Å²) in [6.45, 7) is 0. The van der Waals surface area contributed by atoms with Crippen molar-refractivity contribution < 1.29 is 19.5 Å². The third-order valence-electron chi connectivity index (χ3n) is 3.55. The van der Waals surface area contributed by atoms with E-state index in [0.717, 1.165) is 12.8 Å². The number of aliphatic carboxylic acids is 1. The van der Waals surface area contributed by atoms with Gasteiger partial charge in [0.2, 0.25) is 5.91 Å². The number of carboxylic acids is 1. The number of carbonyl (C=O) groups excluding carboxylic acids is 2. The highest BCUT2D eigenvalue weighted by atomic mass is 16.4. The predicted molar refractivity (Wildman–Crippen MR) is 77.2 cm³/mol. The number of hydrogen-bond acceptors (Lipinski definition) is 3. The van der Waals surface area contributed by atoms with Gasteiger partial charge in [-0.3, -0.25) is 9.59 Å². The Balaban J connectivity index is 2.11. The fourth-order valence-electron chi connectivity index (χ4n) is 2.39. The normalized spacial score (nSPS) is 19.1. The summed E-state index contributed by atoms with van der Waals surface area (Å²) in [5.41, 5.74) is 0.493. The van der Waals surface area contributed by atoms with Gasteiger partial charge in [-0.2, -0.15) is 0 Å². The summed E-state index contributed by atoms with van der Waals surface area (Å²) in [5.74, 6) is -2.27. The van der Waals surface area contributed by atoms with Gasteiger partial charge in [-0.1, -0.05) is 36.8 Å². The van der Waals surface area contributed by atoms with Crippen LogP contribution in [0.2, 0.25) is 0 Å². The van der Waals surface area contributed by atoms with E-state index in [-0.39, 0.29) is 11.4 Å². The van der Waals surface area contributed by atoms with Crippen molar-refractivity contribution in [1.29, 1.82) is 0 Å². The molecule has 1 fully saturated rings. The zero-order valence-corrected chi connectivity index (χ0v) is 11.5. The maximum absolute atomic E-state index is 12.0. The quantitative estimate of drug-likeness (QED) is 0.655. The Morgan fingerprint density at radius 2 is 1.90 bits per heavy atom. The maximum Gasteiger partial charge on any atom is 0.337 e. The smallest absolute Gasteiger partial charge is 0.337 e. The molecule has 1 aromatic rings. The molecule has 1 atom stereocenters. The zero-order chi connectivity index (χ0) is 15.2. The van der Waals surface area contributed by atoms with E-state index in [1.807, 2.05) is 0 Å². The molecule has 0 bridgehead atoms. The van der Waals surface area contributed by atoms with Gasteiger partial charge in [0.1, 0.15) is 5.78 Å². The van der Waals surface area contributed by atoms with Crippen LogP contribution in [-0.4, -0.2) is 22.8 Å². The van der Waals surface area contributed by atoms with E-state index in [1.54, 1.807) is 30.3 Å². The highest BCUT2D eigenvalue weighted by molar-refractivity contribution is 6.15. The minimum Gasteiger partial charge on any atom is -0.478 e. The first-order chi connectivity index (χ1) is 10.1. The number of hydrogen-bond donors (Lipinski definition) is 2. The molecule has 2 rings (SSSR count). The molecule has 1 aliphatic carbocycles. The molecule has 1 aromatic carbocycles. The van der Waals surface area contributed by atoms with Gasteiger partial charge in [0.25, 0.3) is 0 Å². The summed E-state index contributed by atoms with van der Waals surface area (Å²) < 4.78 is 0. The lowest BCUT2D eigenvalue weighted by Crippen LogP contribution is -2.34. The summed E-state index contributed by atoms with van der Waals surface area (Å²) in [6, 6.07) is 8.52. The molecule has 5 heteroatoms. The van der Waals surface area contributed by atoms with E-state index in [0.29, 0.717) is 18.4 Å². The van der Waals surface area contributed by atoms with Crippen LogP contribution < -0.4 is 5.32 Å². The molecule has 110 valence electrons. The molecule has 0 radical (unpaired) electrons. The molecule has 0 saturated heterocycles. The number of rotatable bonds is 4. The summed E-state index contributed by atoms with van der Waals surface area (Å²) >= 11 is 0. The van der Waals surface area contributed by atoms with Crippen molar-refractivity contribution in [2.45, 2.75) is 25.7 Å². The number of ketones is 1. The van der Waals surface area contributed by atoms with Crippen molar-refractivity contribution in [2.75, 3.05) is 0 Å².